The van der Waals surface area contributed by atoms with E-state index in [1.807, 2.05) is 45.0 Å². The van der Waals surface area contributed by atoms with Gasteiger partial charge in [-0.15, -0.1) is 5.10 Å². The minimum atomic E-state index is -0.423. The first-order valence-electron chi connectivity index (χ1n) is 9.21. The van der Waals surface area contributed by atoms with E-state index >= 15 is 0 Å². The Morgan fingerprint density at radius 1 is 1.30 bits per heavy atom. The van der Waals surface area contributed by atoms with Gasteiger partial charge in [-0.25, -0.2) is 9.48 Å². The van der Waals surface area contributed by atoms with Gasteiger partial charge in [0.2, 0.25) is 11.7 Å². The van der Waals surface area contributed by atoms with Crippen LogP contribution in [-0.4, -0.2) is 43.6 Å². The number of hydrogen-bond donors (Lipinski definition) is 1. The highest BCUT2D eigenvalue weighted by Crippen LogP contribution is 2.13. The van der Waals surface area contributed by atoms with Crippen molar-refractivity contribution in [3.05, 3.63) is 51.7 Å². The van der Waals surface area contributed by atoms with E-state index in [-0.39, 0.29) is 30.2 Å². The summed E-state index contributed by atoms with van der Waals surface area (Å²) in [6.07, 6.45) is 0.798. The summed E-state index contributed by atoms with van der Waals surface area (Å²) < 4.78 is 2.42. The maximum atomic E-state index is 12.8. The van der Waals surface area contributed by atoms with Crippen molar-refractivity contribution >= 4 is 11.8 Å². The van der Waals surface area contributed by atoms with Crippen molar-refractivity contribution in [2.24, 2.45) is 0 Å². The Labute approximate surface area is 157 Å². The molecule has 1 aliphatic heterocycles. The summed E-state index contributed by atoms with van der Waals surface area (Å²) >= 11 is 0. The van der Waals surface area contributed by atoms with Gasteiger partial charge in [-0.1, -0.05) is 36.8 Å². The number of aryl methyl sites for hydroxylation is 1. The molecular formula is C19H25N5O3. The maximum absolute atomic E-state index is 12.8. The van der Waals surface area contributed by atoms with Crippen molar-refractivity contribution in [3.63, 3.8) is 0 Å². The van der Waals surface area contributed by atoms with E-state index < -0.39 is 5.69 Å². The molecule has 1 aliphatic rings. The van der Waals surface area contributed by atoms with Crippen molar-refractivity contribution in [3.8, 4) is 0 Å². The van der Waals surface area contributed by atoms with E-state index in [2.05, 4.69) is 10.4 Å². The van der Waals surface area contributed by atoms with Gasteiger partial charge in [0.15, 0.2) is 0 Å². The zero-order valence-electron chi connectivity index (χ0n) is 15.9. The molecule has 8 heteroatoms. The summed E-state index contributed by atoms with van der Waals surface area (Å²) in [5.74, 6) is -0.484. The summed E-state index contributed by atoms with van der Waals surface area (Å²) in [7, 11) is 0. The Hall–Kier alpha value is -2.90. The lowest BCUT2D eigenvalue weighted by Gasteiger charge is -2.26. The third-order valence-electron chi connectivity index (χ3n) is 4.76. The molecule has 3 rings (SSSR count). The third-order valence-corrected chi connectivity index (χ3v) is 4.76. The van der Waals surface area contributed by atoms with Crippen LogP contribution in [0.3, 0.4) is 0 Å². The van der Waals surface area contributed by atoms with Crippen molar-refractivity contribution in [1.82, 2.24) is 24.6 Å². The quantitative estimate of drug-likeness (QED) is 0.818. The first kappa shape index (κ1) is 18.9. The van der Waals surface area contributed by atoms with Gasteiger partial charge in [-0.3, -0.25) is 14.2 Å². The van der Waals surface area contributed by atoms with Crippen LogP contribution in [0.2, 0.25) is 0 Å². The number of rotatable bonds is 6. The zero-order chi connectivity index (χ0) is 19.6. The van der Waals surface area contributed by atoms with Crippen LogP contribution in [0.25, 0.3) is 0 Å². The smallest absolute Gasteiger partial charge is 0.346 e. The predicted molar refractivity (Wildman–Crippen MR) is 100 cm³/mol. The molecule has 0 spiro atoms. The summed E-state index contributed by atoms with van der Waals surface area (Å²) in [5.41, 5.74) is 1.74. The molecular weight excluding hydrogens is 346 g/mol. The number of nitrogens with one attached hydrogen (secondary N) is 1. The van der Waals surface area contributed by atoms with Crippen LogP contribution in [0.4, 0.5) is 0 Å². The van der Waals surface area contributed by atoms with Gasteiger partial charge in [0, 0.05) is 25.7 Å². The second-order valence-corrected chi connectivity index (χ2v) is 7.01. The topological polar surface area (TPSA) is 89.2 Å². The third kappa shape index (κ3) is 4.10. The average molecular weight is 371 g/mol. The summed E-state index contributed by atoms with van der Waals surface area (Å²) in [6, 6.07) is 7.99. The van der Waals surface area contributed by atoms with Crippen LogP contribution >= 0.6 is 0 Å². The second kappa shape index (κ2) is 7.77. The minimum absolute atomic E-state index is 0.0249. The fourth-order valence-corrected chi connectivity index (χ4v) is 3.11. The molecule has 1 N–H and O–H groups in total. The molecule has 2 heterocycles. The molecule has 0 fully saturated rings. The lowest BCUT2D eigenvalue weighted by atomic mass is 10.1. The summed E-state index contributed by atoms with van der Waals surface area (Å²) in [6.45, 7) is 6.96. The molecule has 0 unspecified atom stereocenters. The Morgan fingerprint density at radius 2 is 2.07 bits per heavy atom. The van der Waals surface area contributed by atoms with Crippen LogP contribution in [0.5, 0.6) is 0 Å². The number of carbonyl (C=O) groups is 2. The van der Waals surface area contributed by atoms with Crippen LogP contribution in [-0.2, 0) is 24.4 Å². The molecule has 0 radical (unpaired) electrons. The Morgan fingerprint density at radius 3 is 2.78 bits per heavy atom. The fraction of sp³-hybridized carbons (Fsp3) is 0.474. The normalized spacial score (nSPS) is 14.8. The largest absolute Gasteiger partial charge is 0.352 e. The van der Waals surface area contributed by atoms with E-state index in [1.165, 1.54) is 4.57 Å². The molecule has 1 aromatic carbocycles. The molecule has 0 saturated heterocycles. The van der Waals surface area contributed by atoms with E-state index in [9.17, 15) is 14.4 Å². The van der Waals surface area contributed by atoms with Crippen molar-refractivity contribution in [2.45, 2.75) is 52.9 Å². The number of benzene rings is 1. The van der Waals surface area contributed by atoms with E-state index in [4.69, 9.17) is 0 Å². The number of aromatic nitrogens is 3. The maximum Gasteiger partial charge on any atom is 0.346 e. The predicted octanol–water partition coefficient (Wildman–Crippen LogP) is 0.924. The average Bonchev–Trinajstić information content (AvgIpc) is 2.94. The van der Waals surface area contributed by atoms with Crippen LogP contribution in [0.15, 0.2) is 29.1 Å². The number of nitrogens with zero attached hydrogens (tertiary/aromatic N) is 4. The number of carbonyl (C=O) groups excluding carboxylic acids is 2. The minimum Gasteiger partial charge on any atom is -0.352 e. The van der Waals surface area contributed by atoms with E-state index in [0.29, 0.717) is 19.6 Å². The molecule has 1 atom stereocenters. The molecule has 144 valence electrons. The molecule has 2 aromatic rings. The molecule has 0 bridgehead atoms. The van der Waals surface area contributed by atoms with Gasteiger partial charge in [-0.2, -0.15) is 0 Å². The van der Waals surface area contributed by atoms with Crippen LogP contribution in [0.1, 0.15) is 42.0 Å². The SMILES string of the molecule is CC[C@@H](C)NC(=O)Cn1nc2n(c1=O)CCN(Cc1cccc(C)c1)C2=O. The molecule has 27 heavy (non-hydrogen) atoms. The highest BCUT2D eigenvalue weighted by molar-refractivity contribution is 5.91. The lowest BCUT2D eigenvalue weighted by Crippen LogP contribution is -2.42. The fourth-order valence-electron chi connectivity index (χ4n) is 3.11. The highest BCUT2D eigenvalue weighted by Gasteiger charge is 2.30. The Bertz CT molecular complexity index is 914. The molecule has 1 aromatic heterocycles. The van der Waals surface area contributed by atoms with Gasteiger partial charge < -0.3 is 10.2 Å². The van der Waals surface area contributed by atoms with E-state index in [0.717, 1.165) is 22.2 Å². The Balaban J connectivity index is 1.76. The van der Waals surface area contributed by atoms with Crippen molar-refractivity contribution < 1.29 is 9.59 Å². The molecule has 0 saturated carbocycles. The number of fused-ring (bicyclic) bond motifs is 1. The van der Waals surface area contributed by atoms with Gasteiger partial charge >= 0.3 is 5.69 Å². The zero-order valence-corrected chi connectivity index (χ0v) is 15.9. The summed E-state index contributed by atoms with van der Waals surface area (Å²) in [4.78, 5) is 39.0. The van der Waals surface area contributed by atoms with Crippen molar-refractivity contribution in [2.75, 3.05) is 6.54 Å². The van der Waals surface area contributed by atoms with Gasteiger partial charge in [0.25, 0.3) is 5.91 Å². The monoisotopic (exact) mass is 371 g/mol. The first-order chi connectivity index (χ1) is 12.9. The molecule has 0 aliphatic carbocycles. The lowest BCUT2D eigenvalue weighted by molar-refractivity contribution is -0.122. The van der Waals surface area contributed by atoms with Gasteiger partial charge in [0.1, 0.15) is 6.54 Å². The highest BCUT2D eigenvalue weighted by atomic mass is 16.2. The standard InChI is InChI=1S/C19H25N5O3/c1-4-14(3)20-16(25)12-24-19(27)23-9-8-22(18(26)17(23)21-24)11-15-7-5-6-13(2)10-15/h5-7,10,14H,4,8-9,11-12H2,1-3H3,(H,20,25)/t14-/m1/s1. The second-order valence-electron chi connectivity index (χ2n) is 7.01. The van der Waals surface area contributed by atoms with E-state index in [1.54, 1.807) is 4.90 Å². The molecule has 2 amide bonds. The molecule has 8 nitrogen and oxygen atoms in total. The van der Waals surface area contributed by atoms with Gasteiger partial charge in [0.05, 0.1) is 0 Å². The van der Waals surface area contributed by atoms with Crippen LogP contribution < -0.4 is 11.0 Å². The van der Waals surface area contributed by atoms with Crippen molar-refractivity contribution in [1.29, 1.82) is 0 Å². The Kier molecular flexibility index (Phi) is 5.43. The number of hydrogen-bond acceptors (Lipinski definition) is 4. The van der Waals surface area contributed by atoms with Crippen LogP contribution in [0, 0.1) is 6.92 Å². The first-order valence-corrected chi connectivity index (χ1v) is 9.21. The summed E-state index contributed by atoms with van der Waals surface area (Å²) in [5, 5.41) is 6.93. The van der Waals surface area contributed by atoms with Gasteiger partial charge in [-0.05, 0) is 25.8 Å². The number of amides is 2.